The molecular weight excluding hydrogens is 194 g/mol. The molecule has 14 heavy (non-hydrogen) atoms. The summed E-state index contributed by atoms with van der Waals surface area (Å²) < 4.78 is 5.30. The van der Waals surface area contributed by atoms with Gasteiger partial charge in [0, 0.05) is 23.4 Å². The lowest BCUT2D eigenvalue weighted by Gasteiger charge is -2.16. The summed E-state index contributed by atoms with van der Waals surface area (Å²) in [6, 6.07) is 4.29. The summed E-state index contributed by atoms with van der Waals surface area (Å²) in [5.74, 6) is 0. The molecule has 0 aliphatic carbocycles. The van der Waals surface area contributed by atoms with Gasteiger partial charge in [-0.1, -0.05) is 20.8 Å². The monoisotopic (exact) mass is 213 g/mol. The topological polar surface area (TPSA) is 35.2 Å². The maximum atomic E-state index is 5.62. The molecule has 1 atom stereocenters. The van der Waals surface area contributed by atoms with Gasteiger partial charge in [-0.2, -0.15) is 0 Å². The number of hydrogen-bond donors (Lipinski definition) is 1. The molecule has 0 saturated carbocycles. The summed E-state index contributed by atoms with van der Waals surface area (Å²) >= 11 is 1.79. The van der Waals surface area contributed by atoms with Crippen LogP contribution in [0.1, 0.15) is 36.6 Å². The molecule has 0 aliphatic heterocycles. The van der Waals surface area contributed by atoms with Crippen molar-refractivity contribution < 1.29 is 4.74 Å². The number of hydrogen-bond acceptors (Lipinski definition) is 3. The quantitative estimate of drug-likeness (QED) is 0.838. The van der Waals surface area contributed by atoms with Crippen LogP contribution in [0.4, 0.5) is 0 Å². The standard InChI is InChI=1S/C11H19NOS/c1-11(2,3)10-6-5-9(14-10)8(7-12)13-4/h5-6,8H,7,12H2,1-4H3. The summed E-state index contributed by atoms with van der Waals surface area (Å²) in [5, 5.41) is 0. The normalized spacial score (nSPS) is 14.4. The first-order valence-electron chi connectivity index (χ1n) is 4.82. The van der Waals surface area contributed by atoms with Gasteiger partial charge in [-0.05, 0) is 17.5 Å². The van der Waals surface area contributed by atoms with Crippen LogP contribution in [0.3, 0.4) is 0 Å². The Balaban J connectivity index is 2.87. The molecule has 80 valence electrons. The second kappa shape index (κ2) is 4.43. The van der Waals surface area contributed by atoms with Gasteiger partial charge in [-0.25, -0.2) is 0 Å². The fourth-order valence-corrected chi connectivity index (χ4v) is 2.41. The fourth-order valence-electron chi connectivity index (χ4n) is 1.26. The number of methoxy groups -OCH3 is 1. The van der Waals surface area contributed by atoms with Crippen molar-refractivity contribution in [2.24, 2.45) is 5.73 Å². The Morgan fingerprint density at radius 2 is 2.07 bits per heavy atom. The van der Waals surface area contributed by atoms with E-state index in [1.807, 2.05) is 0 Å². The van der Waals surface area contributed by atoms with Crippen LogP contribution < -0.4 is 5.73 Å². The van der Waals surface area contributed by atoms with Gasteiger partial charge in [-0.3, -0.25) is 0 Å². The highest BCUT2D eigenvalue weighted by Gasteiger charge is 2.18. The summed E-state index contributed by atoms with van der Waals surface area (Å²) in [6.07, 6.45) is 0.0519. The molecule has 0 spiro atoms. The Morgan fingerprint density at radius 3 is 2.43 bits per heavy atom. The van der Waals surface area contributed by atoms with E-state index >= 15 is 0 Å². The first-order valence-corrected chi connectivity index (χ1v) is 5.63. The molecule has 0 aliphatic rings. The molecule has 2 nitrogen and oxygen atoms in total. The lowest BCUT2D eigenvalue weighted by atomic mass is 9.95. The Hall–Kier alpha value is -0.380. The Labute approximate surface area is 90.1 Å². The Bertz CT molecular complexity index is 284. The van der Waals surface area contributed by atoms with E-state index in [0.29, 0.717) is 6.54 Å². The average molecular weight is 213 g/mol. The Morgan fingerprint density at radius 1 is 1.43 bits per heavy atom. The Kier molecular flexibility index (Phi) is 3.70. The molecule has 2 N–H and O–H groups in total. The molecule has 0 radical (unpaired) electrons. The zero-order chi connectivity index (χ0) is 10.8. The maximum Gasteiger partial charge on any atom is 0.103 e. The zero-order valence-corrected chi connectivity index (χ0v) is 10.1. The van der Waals surface area contributed by atoms with Crippen LogP contribution in [0.2, 0.25) is 0 Å². The van der Waals surface area contributed by atoms with Gasteiger partial charge >= 0.3 is 0 Å². The van der Waals surface area contributed by atoms with E-state index in [4.69, 9.17) is 10.5 Å². The molecule has 1 aromatic heterocycles. The fraction of sp³-hybridized carbons (Fsp3) is 0.636. The van der Waals surface area contributed by atoms with Crippen LogP contribution in [-0.2, 0) is 10.2 Å². The third kappa shape index (κ3) is 2.56. The molecule has 0 amide bonds. The molecule has 1 unspecified atom stereocenters. The van der Waals surface area contributed by atoms with Gasteiger partial charge in [0.15, 0.2) is 0 Å². The minimum Gasteiger partial charge on any atom is -0.375 e. The molecule has 0 fully saturated rings. The lowest BCUT2D eigenvalue weighted by Crippen LogP contribution is -2.13. The molecule has 3 heteroatoms. The van der Waals surface area contributed by atoms with Crippen molar-refractivity contribution in [3.8, 4) is 0 Å². The van der Waals surface area contributed by atoms with E-state index in [2.05, 4.69) is 32.9 Å². The summed E-state index contributed by atoms with van der Waals surface area (Å²) in [5.41, 5.74) is 5.83. The third-order valence-corrected chi connectivity index (χ3v) is 3.78. The SMILES string of the molecule is COC(CN)c1ccc(C(C)(C)C)s1. The van der Waals surface area contributed by atoms with Crippen LogP contribution in [0.5, 0.6) is 0 Å². The number of nitrogens with two attached hydrogens (primary N) is 1. The van der Waals surface area contributed by atoms with Crippen molar-refractivity contribution in [1.29, 1.82) is 0 Å². The van der Waals surface area contributed by atoms with Crippen molar-refractivity contribution in [3.63, 3.8) is 0 Å². The highest BCUT2D eigenvalue weighted by Crippen LogP contribution is 2.32. The van der Waals surface area contributed by atoms with E-state index < -0.39 is 0 Å². The summed E-state index contributed by atoms with van der Waals surface area (Å²) in [7, 11) is 1.70. The molecular formula is C11H19NOS. The average Bonchev–Trinajstić information content (AvgIpc) is 2.54. The van der Waals surface area contributed by atoms with Crippen molar-refractivity contribution in [2.45, 2.75) is 32.3 Å². The number of rotatable bonds is 3. The van der Waals surface area contributed by atoms with E-state index in [9.17, 15) is 0 Å². The van der Waals surface area contributed by atoms with Crippen molar-refractivity contribution in [2.75, 3.05) is 13.7 Å². The summed E-state index contributed by atoms with van der Waals surface area (Å²) in [6.45, 7) is 7.19. The molecule has 0 saturated heterocycles. The maximum absolute atomic E-state index is 5.62. The molecule has 0 aromatic carbocycles. The molecule has 1 heterocycles. The van der Waals surface area contributed by atoms with Gasteiger partial charge in [0.25, 0.3) is 0 Å². The van der Waals surface area contributed by atoms with Crippen LogP contribution in [0.25, 0.3) is 0 Å². The third-order valence-electron chi connectivity index (χ3n) is 2.18. The first kappa shape index (κ1) is 11.7. The molecule has 0 bridgehead atoms. The summed E-state index contributed by atoms with van der Waals surface area (Å²) in [4.78, 5) is 2.60. The van der Waals surface area contributed by atoms with Crippen molar-refractivity contribution >= 4 is 11.3 Å². The van der Waals surface area contributed by atoms with E-state index in [0.717, 1.165) is 0 Å². The zero-order valence-electron chi connectivity index (χ0n) is 9.33. The van der Waals surface area contributed by atoms with Crippen LogP contribution in [-0.4, -0.2) is 13.7 Å². The van der Waals surface area contributed by atoms with Crippen molar-refractivity contribution in [3.05, 3.63) is 21.9 Å². The second-order valence-electron chi connectivity index (χ2n) is 4.41. The molecule has 1 aromatic rings. The predicted octanol–water partition coefficient (Wildman–Crippen LogP) is 2.69. The highest BCUT2D eigenvalue weighted by atomic mass is 32.1. The largest absolute Gasteiger partial charge is 0.375 e. The second-order valence-corrected chi connectivity index (χ2v) is 5.53. The van der Waals surface area contributed by atoms with E-state index in [1.165, 1.54) is 9.75 Å². The first-order chi connectivity index (χ1) is 6.49. The minimum atomic E-state index is 0.0519. The van der Waals surface area contributed by atoms with Crippen LogP contribution >= 0.6 is 11.3 Å². The number of ether oxygens (including phenoxy) is 1. The van der Waals surface area contributed by atoms with Crippen LogP contribution in [0.15, 0.2) is 12.1 Å². The van der Waals surface area contributed by atoms with Crippen molar-refractivity contribution in [1.82, 2.24) is 0 Å². The van der Waals surface area contributed by atoms with Gasteiger partial charge < -0.3 is 10.5 Å². The van der Waals surface area contributed by atoms with E-state index in [-0.39, 0.29) is 11.5 Å². The van der Waals surface area contributed by atoms with Gasteiger partial charge in [0.05, 0.1) is 0 Å². The van der Waals surface area contributed by atoms with Crippen LogP contribution in [0, 0.1) is 0 Å². The van der Waals surface area contributed by atoms with Gasteiger partial charge in [0.2, 0.25) is 0 Å². The molecule has 1 rings (SSSR count). The number of thiophene rings is 1. The highest BCUT2D eigenvalue weighted by molar-refractivity contribution is 7.12. The smallest absolute Gasteiger partial charge is 0.103 e. The minimum absolute atomic E-state index is 0.0519. The van der Waals surface area contributed by atoms with Gasteiger partial charge in [0.1, 0.15) is 6.10 Å². The predicted molar refractivity (Wildman–Crippen MR) is 61.8 cm³/mol. The lowest BCUT2D eigenvalue weighted by molar-refractivity contribution is 0.113. The van der Waals surface area contributed by atoms with Gasteiger partial charge in [-0.15, -0.1) is 11.3 Å². The van der Waals surface area contributed by atoms with E-state index in [1.54, 1.807) is 18.4 Å².